The highest BCUT2D eigenvalue weighted by Gasteiger charge is 2.37. The van der Waals surface area contributed by atoms with Crippen LogP contribution in [-0.4, -0.2) is 32.2 Å². The van der Waals surface area contributed by atoms with E-state index < -0.39 is 21.7 Å². The number of rotatable bonds is 6. The lowest BCUT2D eigenvalue weighted by atomic mass is 9.89. The van der Waals surface area contributed by atoms with Gasteiger partial charge in [-0.2, -0.15) is 0 Å². The van der Waals surface area contributed by atoms with E-state index >= 15 is 0 Å². The molecule has 2 atom stereocenters. The molecule has 30 heavy (non-hydrogen) atoms. The van der Waals surface area contributed by atoms with Gasteiger partial charge in [-0.3, -0.25) is 9.10 Å². The van der Waals surface area contributed by atoms with E-state index in [1.807, 2.05) is 58.0 Å². The van der Waals surface area contributed by atoms with Crippen molar-refractivity contribution in [2.75, 3.05) is 10.6 Å². The number of para-hydroxylation sites is 1. The molecule has 6 nitrogen and oxygen atoms in total. The lowest BCUT2D eigenvalue weighted by molar-refractivity contribution is -0.123. The van der Waals surface area contributed by atoms with Crippen LogP contribution in [0, 0.1) is 6.92 Å². The molecule has 1 aliphatic heterocycles. The first-order valence-corrected chi connectivity index (χ1v) is 12.0. The van der Waals surface area contributed by atoms with E-state index in [1.54, 1.807) is 18.2 Å². The Kier molecular flexibility index (Phi) is 6.13. The molecule has 1 aliphatic rings. The van der Waals surface area contributed by atoms with Crippen molar-refractivity contribution in [1.29, 1.82) is 0 Å². The molecule has 0 spiro atoms. The number of ether oxygens (including phenoxy) is 1. The second-order valence-electron chi connectivity index (χ2n) is 8.49. The van der Waals surface area contributed by atoms with E-state index in [9.17, 15) is 13.2 Å². The number of carbonyl (C=O) groups excluding carboxylic acids is 1. The number of aryl methyl sites for hydroxylation is 1. The van der Waals surface area contributed by atoms with Gasteiger partial charge in [-0.15, -0.1) is 0 Å². The molecule has 1 amide bonds. The summed E-state index contributed by atoms with van der Waals surface area (Å²) in [5.41, 5.74) is 1.88. The number of anilines is 1. The Bertz CT molecular complexity index is 1030. The van der Waals surface area contributed by atoms with Gasteiger partial charge in [0.25, 0.3) is 0 Å². The number of amides is 1. The smallest absolute Gasteiger partial charge is 0.244 e. The summed E-state index contributed by atoms with van der Waals surface area (Å²) < 4.78 is 32.6. The maximum atomic E-state index is 13.4. The molecule has 0 fully saturated rings. The summed E-state index contributed by atoms with van der Waals surface area (Å²) >= 11 is 0. The molecular weight excluding hydrogens is 400 g/mol. The van der Waals surface area contributed by atoms with Crippen molar-refractivity contribution in [2.45, 2.75) is 58.2 Å². The van der Waals surface area contributed by atoms with Gasteiger partial charge in [-0.25, -0.2) is 8.42 Å². The van der Waals surface area contributed by atoms with Crippen molar-refractivity contribution in [3.05, 3.63) is 59.7 Å². The number of sulfonamides is 1. The van der Waals surface area contributed by atoms with Crippen molar-refractivity contribution in [2.24, 2.45) is 0 Å². The van der Waals surface area contributed by atoms with Crippen molar-refractivity contribution >= 4 is 21.6 Å². The van der Waals surface area contributed by atoms with Gasteiger partial charge < -0.3 is 10.1 Å². The normalized spacial score (nSPS) is 18.6. The van der Waals surface area contributed by atoms with Gasteiger partial charge in [0.2, 0.25) is 15.9 Å². The molecule has 1 heterocycles. The SMILES string of the molecule is CC[C@H](C(=O)N[C@@H]1CC(C)(C)Oc2ccccc21)N(c1cccc(C)c1)S(C)(=O)=O. The predicted molar refractivity (Wildman–Crippen MR) is 119 cm³/mol. The van der Waals surface area contributed by atoms with Gasteiger partial charge in [0.1, 0.15) is 17.4 Å². The van der Waals surface area contributed by atoms with Crippen LogP contribution in [0.5, 0.6) is 5.75 Å². The minimum Gasteiger partial charge on any atom is -0.487 e. The van der Waals surface area contributed by atoms with Crippen molar-refractivity contribution in [3.63, 3.8) is 0 Å². The standard InChI is InChI=1S/C23H30N2O4S/c1-6-20(25(30(5,27)28)17-11-9-10-16(2)14-17)22(26)24-19-15-23(3,4)29-21-13-8-7-12-18(19)21/h7-14,19-20H,6,15H2,1-5H3,(H,24,26)/t19-,20-/m1/s1. The maximum absolute atomic E-state index is 13.4. The Hall–Kier alpha value is -2.54. The molecule has 7 heteroatoms. The minimum atomic E-state index is -3.67. The molecule has 0 unspecified atom stereocenters. The first kappa shape index (κ1) is 22.2. The molecule has 0 bridgehead atoms. The van der Waals surface area contributed by atoms with Gasteiger partial charge in [0.05, 0.1) is 18.0 Å². The van der Waals surface area contributed by atoms with Crippen LogP contribution in [0.3, 0.4) is 0 Å². The van der Waals surface area contributed by atoms with E-state index in [1.165, 1.54) is 4.31 Å². The highest BCUT2D eigenvalue weighted by Crippen LogP contribution is 2.39. The molecule has 162 valence electrons. The second-order valence-corrected chi connectivity index (χ2v) is 10.3. The third kappa shape index (κ3) is 4.78. The Morgan fingerprint density at radius 2 is 1.93 bits per heavy atom. The number of nitrogens with one attached hydrogen (secondary N) is 1. The fourth-order valence-electron chi connectivity index (χ4n) is 4.02. The molecule has 2 aromatic rings. The van der Waals surface area contributed by atoms with Crippen molar-refractivity contribution < 1.29 is 17.9 Å². The molecule has 2 aromatic carbocycles. The zero-order valence-corrected chi connectivity index (χ0v) is 19.0. The largest absolute Gasteiger partial charge is 0.487 e. The average Bonchev–Trinajstić information content (AvgIpc) is 2.63. The molecule has 0 saturated heterocycles. The van der Waals surface area contributed by atoms with Crippen LogP contribution in [0.15, 0.2) is 48.5 Å². The summed E-state index contributed by atoms with van der Waals surface area (Å²) in [7, 11) is -3.67. The van der Waals surface area contributed by atoms with Gasteiger partial charge >= 0.3 is 0 Å². The first-order valence-electron chi connectivity index (χ1n) is 10.2. The predicted octanol–water partition coefficient (Wildman–Crippen LogP) is 3.96. The van der Waals surface area contributed by atoms with E-state index in [-0.39, 0.29) is 11.9 Å². The quantitative estimate of drug-likeness (QED) is 0.753. The monoisotopic (exact) mass is 430 g/mol. The highest BCUT2D eigenvalue weighted by atomic mass is 32.2. The molecule has 0 saturated carbocycles. The molecule has 3 rings (SSSR count). The Labute approximate surface area is 179 Å². The van der Waals surface area contributed by atoms with Gasteiger partial charge in [-0.05, 0) is 51.0 Å². The van der Waals surface area contributed by atoms with Crippen molar-refractivity contribution in [3.8, 4) is 5.75 Å². The number of benzene rings is 2. The van der Waals surface area contributed by atoms with Gasteiger partial charge in [0, 0.05) is 12.0 Å². The fraction of sp³-hybridized carbons (Fsp3) is 0.435. The van der Waals surface area contributed by atoms with Crippen LogP contribution in [0.25, 0.3) is 0 Å². The molecular formula is C23H30N2O4S. The van der Waals surface area contributed by atoms with Gasteiger partial charge in [-0.1, -0.05) is 37.3 Å². The molecule has 1 N–H and O–H groups in total. The lowest BCUT2D eigenvalue weighted by Gasteiger charge is -2.39. The second kappa shape index (κ2) is 8.30. The molecule has 0 aromatic heterocycles. The topological polar surface area (TPSA) is 75.7 Å². The summed E-state index contributed by atoms with van der Waals surface area (Å²) in [6.45, 7) is 7.68. The Balaban J connectivity index is 1.94. The average molecular weight is 431 g/mol. The number of nitrogens with zero attached hydrogens (tertiary/aromatic N) is 1. The number of carbonyl (C=O) groups is 1. The molecule has 0 radical (unpaired) electrons. The summed E-state index contributed by atoms with van der Waals surface area (Å²) in [4.78, 5) is 13.4. The number of fused-ring (bicyclic) bond motifs is 1. The number of hydrogen-bond acceptors (Lipinski definition) is 4. The first-order chi connectivity index (χ1) is 14.0. The van der Waals surface area contributed by atoms with Gasteiger partial charge in [0.15, 0.2) is 0 Å². The Morgan fingerprint density at radius 1 is 1.23 bits per heavy atom. The van der Waals surface area contributed by atoms with Crippen LogP contribution in [0.1, 0.15) is 50.8 Å². The molecule has 0 aliphatic carbocycles. The summed E-state index contributed by atoms with van der Waals surface area (Å²) in [5.74, 6) is 0.424. The fourth-order valence-corrected chi connectivity index (χ4v) is 5.23. The summed E-state index contributed by atoms with van der Waals surface area (Å²) in [5, 5.41) is 3.09. The maximum Gasteiger partial charge on any atom is 0.244 e. The Morgan fingerprint density at radius 3 is 2.57 bits per heavy atom. The van der Waals surface area contributed by atoms with E-state index in [0.29, 0.717) is 18.5 Å². The van der Waals surface area contributed by atoms with Crippen LogP contribution >= 0.6 is 0 Å². The van der Waals surface area contributed by atoms with E-state index in [0.717, 1.165) is 23.1 Å². The van der Waals surface area contributed by atoms with Crippen molar-refractivity contribution in [1.82, 2.24) is 5.32 Å². The summed E-state index contributed by atoms with van der Waals surface area (Å²) in [6.07, 6.45) is 2.08. The van der Waals surface area contributed by atoms with E-state index in [4.69, 9.17) is 4.74 Å². The lowest BCUT2D eigenvalue weighted by Crippen LogP contribution is -2.51. The number of hydrogen-bond donors (Lipinski definition) is 1. The van der Waals surface area contributed by atoms with E-state index in [2.05, 4.69) is 5.32 Å². The third-order valence-corrected chi connectivity index (χ3v) is 6.46. The minimum absolute atomic E-state index is 0.259. The van der Waals surface area contributed by atoms with Crippen LogP contribution in [-0.2, 0) is 14.8 Å². The van der Waals surface area contributed by atoms with Crippen LogP contribution in [0.2, 0.25) is 0 Å². The third-order valence-electron chi connectivity index (χ3n) is 5.28. The zero-order valence-electron chi connectivity index (χ0n) is 18.2. The summed E-state index contributed by atoms with van der Waals surface area (Å²) in [6, 6.07) is 13.7. The zero-order chi connectivity index (χ0) is 22.1. The highest BCUT2D eigenvalue weighted by molar-refractivity contribution is 7.92. The van der Waals surface area contributed by atoms with Crippen LogP contribution in [0.4, 0.5) is 5.69 Å². The van der Waals surface area contributed by atoms with Crippen LogP contribution < -0.4 is 14.4 Å².